The average molecular weight is 373 g/mol. The molecule has 0 spiro atoms. The van der Waals surface area contributed by atoms with E-state index in [2.05, 4.69) is 10.5 Å². The molecule has 4 rings (SSSR count). The van der Waals surface area contributed by atoms with Gasteiger partial charge in [0.05, 0.1) is 11.5 Å². The van der Waals surface area contributed by atoms with E-state index in [9.17, 15) is 14.9 Å². The Balaban J connectivity index is 1.44. The Morgan fingerprint density at radius 1 is 1.00 bits per heavy atom. The Kier molecular flexibility index (Phi) is 4.55. The van der Waals surface area contributed by atoms with E-state index in [-0.39, 0.29) is 18.1 Å². The first-order chi connectivity index (χ1) is 13.6. The van der Waals surface area contributed by atoms with Gasteiger partial charge in [-0.1, -0.05) is 41.6 Å². The minimum absolute atomic E-state index is 0.0620. The number of nitro benzene ring substituents is 1. The third kappa shape index (κ3) is 3.59. The van der Waals surface area contributed by atoms with Crippen LogP contribution in [0.25, 0.3) is 22.1 Å². The van der Waals surface area contributed by atoms with Crippen LogP contribution >= 0.6 is 0 Å². The second-order valence-corrected chi connectivity index (χ2v) is 6.23. The van der Waals surface area contributed by atoms with Crippen molar-refractivity contribution in [1.82, 2.24) is 10.5 Å². The van der Waals surface area contributed by atoms with Crippen LogP contribution in [-0.4, -0.2) is 16.0 Å². The third-order valence-corrected chi connectivity index (χ3v) is 4.36. The Morgan fingerprint density at radius 2 is 1.75 bits per heavy atom. The maximum atomic E-state index is 12.2. The fraction of sp³-hybridized carbons (Fsp3) is 0.0476. The van der Waals surface area contributed by atoms with Crippen molar-refractivity contribution in [2.45, 2.75) is 6.54 Å². The standard InChI is InChI=1S/C21H15N3O4/c25-21(15-7-9-19(10-8-15)24(26)27)22-13-18-12-20(28-23-18)17-6-5-14-3-1-2-4-16(14)11-17/h1-12H,13H2,(H,22,25). The molecule has 4 aromatic rings. The summed E-state index contributed by atoms with van der Waals surface area (Å²) in [5.74, 6) is 0.274. The molecule has 3 aromatic carbocycles. The molecule has 28 heavy (non-hydrogen) atoms. The summed E-state index contributed by atoms with van der Waals surface area (Å²) in [6.07, 6.45) is 0. The third-order valence-electron chi connectivity index (χ3n) is 4.36. The van der Waals surface area contributed by atoms with Crippen molar-refractivity contribution < 1.29 is 14.2 Å². The molecule has 1 N–H and O–H groups in total. The lowest BCUT2D eigenvalue weighted by Crippen LogP contribution is -2.22. The smallest absolute Gasteiger partial charge is 0.269 e. The number of non-ortho nitro benzene ring substituents is 1. The van der Waals surface area contributed by atoms with Crippen molar-refractivity contribution in [3.8, 4) is 11.3 Å². The van der Waals surface area contributed by atoms with Gasteiger partial charge in [-0.2, -0.15) is 0 Å². The molecule has 0 aliphatic rings. The van der Waals surface area contributed by atoms with E-state index < -0.39 is 4.92 Å². The number of nitrogens with zero attached hydrogens (tertiary/aromatic N) is 2. The lowest BCUT2D eigenvalue weighted by atomic mass is 10.1. The summed E-state index contributed by atoms with van der Waals surface area (Å²) < 4.78 is 5.40. The number of benzene rings is 3. The summed E-state index contributed by atoms with van der Waals surface area (Å²) in [6, 6.07) is 21.2. The fourth-order valence-electron chi connectivity index (χ4n) is 2.88. The lowest BCUT2D eigenvalue weighted by molar-refractivity contribution is -0.384. The predicted molar refractivity (Wildman–Crippen MR) is 104 cm³/mol. The van der Waals surface area contributed by atoms with E-state index in [0.29, 0.717) is 17.0 Å². The van der Waals surface area contributed by atoms with E-state index in [1.54, 1.807) is 6.07 Å². The van der Waals surface area contributed by atoms with Crippen LogP contribution in [-0.2, 0) is 6.54 Å². The maximum Gasteiger partial charge on any atom is 0.269 e. The van der Waals surface area contributed by atoms with E-state index in [0.717, 1.165) is 16.3 Å². The van der Waals surface area contributed by atoms with Crippen LogP contribution in [0.4, 0.5) is 5.69 Å². The normalized spacial score (nSPS) is 10.7. The molecule has 0 aliphatic heterocycles. The van der Waals surface area contributed by atoms with Crippen molar-refractivity contribution in [2.75, 3.05) is 0 Å². The number of rotatable bonds is 5. The van der Waals surface area contributed by atoms with Crippen molar-refractivity contribution in [2.24, 2.45) is 0 Å². The zero-order valence-corrected chi connectivity index (χ0v) is 14.7. The van der Waals surface area contributed by atoms with Crippen LogP contribution in [0.2, 0.25) is 0 Å². The van der Waals surface area contributed by atoms with Crippen LogP contribution in [0.1, 0.15) is 16.1 Å². The minimum Gasteiger partial charge on any atom is -0.356 e. The second-order valence-electron chi connectivity index (χ2n) is 6.23. The zero-order chi connectivity index (χ0) is 19.5. The molecule has 7 heteroatoms. The van der Waals surface area contributed by atoms with Gasteiger partial charge in [0.25, 0.3) is 11.6 Å². The molecule has 1 aromatic heterocycles. The van der Waals surface area contributed by atoms with Gasteiger partial charge in [-0.3, -0.25) is 14.9 Å². The number of fused-ring (bicyclic) bond motifs is 1. The van der Waals surface area contributed by atoms with E-state index in [1.807, 2.05) is 42.5 Å². The molecular weight excluding hydrogens is 358 g/mol. The van der Waals surface area contributed by atoms with Crippen LogP contribution < -0.4 is 5.32 Å². The van der Waals surface area contributed by atoms with Gasteiger partial charge in [-0.05, 0) is 29.0 Å². The molecule has 138 valence electrons. The molecule has 1 amide bonds. The summed E-state index contributed by atoms with van der Waals surface area (Å²) in [7, 11) is 0. The highest BCUT2D eigenvalue weighted by Gasteiger charge is 2.11. The van der Waals surface area contributed by atoms with Gasteiger partial charge in [0.2, 0.25) is 0 Å². The highest BCUT2D eigenvalue weighted by molar-refractivity contribution is 5.94. The molecule has 0 saturated heterocycles. The molecule has 0 aliphatic carbocycles. The summed E-state index contributed by atoms with van der Waals surface area (Å²) >= 11 is 0. The SMILES string of the molecule is O=C(NCc1cc(-c2ccc3ccccc3c2)on1)c1ccc([N+](=O)[O-])cc1. The Hall–Kier alpha value is -4.00. The van der Waals surface area contributed by atoms with Crippen molar-refractivity contribution in [3.63, 3.8) is 0 Å². The number of nitrogens with one attached hydrogen (secondary N) is 1. The molecule has 0 bridgehead atoms. The average Bonchev–Trinajstić information content (AvgIpc) is 3.21. The number of amides is 1. The maximum absolute atomic E-state index is 12.2. The van der Waals surface area contributed by atoms with Crippen LogP contribution in [0, 0.1) is 10.1 Å². The predicted octanol–water partition coefficient (Wildman–Crippen LogP) is 4.33. The number of carbonyl (C=O) groups excluding carboxylic acids is 1. The van der Waals surface area contributed by atoms with E-state index in [1.165, 1.54) is 24.3 Å². The molecular formula is C21H15N3O4. The molecule has 0 atom stereocenters. The number of carbonyl (C=O) groups is 1. The highest BCUT2D eigenvalue weighted by atomic mass is 16.6. The summed E-state index contributed by atoms with van der Waals surface area (Å²) in [5.41, 5.74) is 1.76. The van der Waals surface area contributed by atoms with Gasteiger partial charge in [0.15, 0.2) is 5.76 Å². The lowest BCUT2D eigenvalue weighted by Gasteiger charge is -2.02. The Labute approximate surface area is 159 Å². The molecule has 0 fully saturated rings. The first-order valence-corrected chi connectivity index (χ1v) is 8.57. The van der Waals surface area contributed by atoms with Crippen molar-refractivity contribution in [3.05, 3.63) is 94.2 Å². The van der Waals surface area contributed by atoms with Gasteiger partial charge < -0.3 is 9.84 Å². The van der Waals surface area contributed by atoms with Crippen LogP contribution in [0.5, 0.6) is 0 Å². The quantitative estimate of drug-likeness (QED) is 0.415. The topological polar surface area (TPSA) is 98.3 Å². The van der Waals surface area contributed by atoms with Gasteiger partial charge in [-0.15, -0.1) is 0 Å². The largest absolute Gasteiger partial charge is 0.356 e. The van der Waals surface area contributed by atoms with Crippen LogP contribution in [0.15, 0.2) is 77.3 Å². The monoisotopic (exact) mass is 373 g/mol. The van der Waals surface area contributed by atoms with Gasteiger partial charge in [-0.25, -0.2) is 0 Å². The number of nitro groups is 1. The molecule has 1 heterocycles. The Bertz CT molecular complexity index is 1170. The van der Waals surface area contributed by atoms with Crippen molar-refractivity contribution >= 4 is 22.4 Å². The molecule has 7 nitrogen and oxygen atoms in total. The number of hydrogen-bond acceptors (Lipinski definition) is 5. The highest BCUT2D eigenvalue weighted by Crippen LogP contribution is 2.25. The summed E-state index contributed by atoms with van der Waals surface area (Å²) in [6.45, 7) is 0.187. The van der Waals surface area contributed by atoms with Crippen LogP contribution in [0.3, 0.4) is 0 Å². The van der Waals surface area contributed by atoms with Gasteiger partial charge in [0.1, 0.15) is 5.69 Å². The van der Waals surface area contributed by atoms with E-state index >= 15 is 0 Å². The zero-order valence-electron chi connectivity index (χ0n) is 14.7. The molecule has 0 radical (unpaired) electrons. The van der Waals surface area contributed by atoms with Gasteiger partial charge in [0, 0.05) is 29.3 Å². The Morgan fingerprint density at radius 3 is 2.50 bits per heavy atom. The summed E-state index contributed by atoms with van der Waals surface area (Å²) in [5, 5.41) is 19.6. The first kappa shape index (κ1) is 17.4. The minimum atomic E-state index is -0.509. The number of hydrogen-bond donors (Lipinski definition) is 1. The fourth-order valence-corrected chi connectivity index (χ4v) is 2.88. The first-order valence-electron chi connectivity index (χ1n) is 8.57. The van der Waals surface area contributed by atoms with E-state index in [4.69, 9.17) is 4.52 Å². The molecule has 0 saturated carbocycles. The second kappa shape index (κ2) is 7.32. The van der Waals surface area contributed by atoms with Crippen molar-refractivity contribution in [1.29, 1.82) is 0 Å². The number of aromatic nitrogens is 1. The molecule has 0 unspecified atom stereocenters. The van der Waals surface area contributed by atoms with Gasteiger partial charge >= 0.3 is 0 Å². The summed E-state index contributed by atoms with van der Waals surface area (Å²) in [4.78, 5) is 22.3.